The monoisotopic (exact) mass is 426 g/mol. The first-order valence-electron chi connectivity index (χ1n) is 10.1. The molecule has 0 saturated heterocycles. The molecule has 0 radical (unpaired) electrons. The predicted octanol–water partition coefficient (Wildman–Crippen LogP) is 3.74. The van der Waals surface area contributed by atoms with E-state index in [1.54, 1.807) is 42.6 Å². The van der Waals surface area contributed by atoms with Crippen LogP contribution in [-0.2, 0) is 20.9 Å². The highest BCUT2D eigenvalue weighted by Gasteiger charge is 2.39. The van der Waals surface area contributed by atoms with Crippen LogP contribution >= 0.6 is 0 Å². The third-order valence-electron chi connectivity index (χ3n) is 5.00. The van der Waals surface area contributed by atoms with Crippen molar-refractivity contribution in [2.24, 2.45) is 0 Å². The van der Waals surface area contributed by atoms with E-state index in [-0.39, 0.29) is 23.7 Å². The van der Waals surface area contributed by atoms with E-state index in [1.807, 2.05) is 37.3 Å². The molecule has 3 amide bonds. The number of nitrogens with one attached hydrogen (secondary N) is 2. The molecule has 0 atom stereocenters. The van der Waals surface area contributed by atoms with Crippen LogP contribution in [0.4, 0.5) is 11.4 Å². The number of amides is 3. The molecule has 3 aromatic rings. The van der Waals surface area contributed by atoms with Crippen LogP contribution in [0.1, 0.15) is 23.7 Å². The van der Waals surface area contributed by atoms with E-state index in [4.69, 9.17) is 0 Å². The molecule has 4 rings (SSSR count). The number of benzene rings is 2. The van der Waals surface area contributed by atoms with Crippen molar-refractivity contribution < 1.29 is 14.4 Å². The summed E-state index contributed by atoms with van der Waals surface area (Å²) >= 11 is 0. The molecule has 1 aromatic heterocycles. The van der Waals surface area contributed by atoms with Crippen LogP contribution in [0.5, 0.6) is 0 Å². The number of carbonyl (C=O) groups is 3. The summed E-state index contributed by atoms with van der Waals surface area (Å²) in [5.41, 5.74) is 4.04. The minimum Gasteiger partial charge on any atom is -0.350 e. The summed E-state index contributed by atoms with van der Waals surface area (Å²) in [6, 6.07) is 19.8. The number of hydrogen-bond acceptors (Lipinski definition) is 5. The van der Waals surface area contributed by atoms with E-state index in [0.29, 0.717) is 22.6 Å². The number of nitrogens with zero attached hydrogens (tertiary/aromatic N) is 2. The zero-order valence-corrected chi connectivity index (χ0v) is 17.8. The Morgan fingerprint density at radius 1 is 0.938 bits per heavy atom. The van der Waals surface area contributed by atoms with Gasteiger partial charge in [0.2, 0.25) is 5.91 Å². The Morgan fingerprint density at radius 2 is 1.72 bits per heavy atom. The molecular weight excluding hydrogens is 404 g/mol. The lowest BCUT2D eigenvalue weighted by Crippen LogP contribution is -2.32. The Bertz CT molecular complexity index is 1220. The van der Waals surface area contributed by atoms with Crippen molar-refractivity contribution in [2.75, 3.05) is 10.6 Å². The molecule has 0 bridgehead atoms. The summed E-state index contributed by atoms with van der Waals surface area (Å²) in [7, 11) is 0. The topological polar surface area (TPSA) is 91.4 Å². The number of hydrogen-bond donors (Lipinski definition) is 2. The summed E-state index contributed by atoms with van der Waals surface area (Å²) in [4.78, 5) is 43.4. The van der Waals surface area contributed by atoms with Crippen molar-refractivity contribution >= 4 is 34.7 Å². The van der Waals surface area contributed by atoms with Crippen molar-refractivity contribution in [1.82, 2.24) is 9.88 Å². The van der Waals surface area contributed by atoms with Gasteiger partial charge < -0.3 is 10.6 Å². The lowest BCUT2D eigenvalue weighted by molar-refractivity contribution is -0.137. The predicted molar refractivity (Wildman–Crippen MR) is 122 cm³/mol. The highest BCUT2D eigenvalue weighted by Crippen LogP contribution is 2.32. The van der Waals surface area contributed by atoms with Gasteiger partial charge in [0.05, 0.1) is 17.8 Å². The summed E-state index contributed by atoms with van der Waals surface area (Å²) in [5, 5.41) is 5.85. The Morgan fingerprint density at radius 3 is 2.38 bits per heavy atom. The molecule has 0 fully saturated rings. The van der Waals surface area contributed by atoms with E-state index in [9.17, 15) is 14.4 Å². The summed E-state index contributed by atoms with van der Waals surface area (Å²) in [6.45, 7) is 3.45. The molecule has 32 heavy (non-hydrogen) atoms. The van der Waals surface area contributed by atoms with Crippen molar-refractivity contribution in [3.05, 3.63) is 95.4 Å². The van der Waals surface area contributed by atoms with Crippen molar-refractivity contribution in [3.63, 3.8) is 0 Å². The molecule has 1 aliphatic rings. The maximum atomic E-state index is 13.4. The van der Waals surface area contributed by atoms with Gasteiger partial charge in [0.1, 0.15) is 5.70 Å². The SMILES string of the molecule is CC(=O)Nc1ccc(C2=C(Nc3cccc(C)c3)C(=O)N(Cc3ccccn3)C2=O)cc1. The first-order valence-corrected chi connectivity index (χ1v) is 10.1. The van der Waals surface area contributed by atoms with Gasteiger partial charge in [-0.2, -0.15) is 0 Å². The van der Waals surface area contributed by atoms with Gasteiger partial charge in [-0.05, 0) is 54.4 Å². The van der Waals surface area contributed by atoms with E-state index >= 15 is 0 Å². The lowest BCUT2D eigenvalue weighted by Gasteiger charge is -2.15. The zero-order valence-electron chi connectivity index (χ0n) is 17.8. The van der Waals surface area contributed by atoms with Gasteiger partial charge >= 0.3 is 0 Å². The number of pyridine rings is 1. The zero-order chi connectivity index (χ0) is 22.7. The number of imide groups is 1. The lowest BCUT2D eigenvalue weighted by atomic mass is 10.0. The van der Waals surface area contributed by atoms with Crippen molar-refractivity contribution in [3.8, 4) is 0 Å². The maximum Gasteiger partial charge on any atom is 0.278 e. The van der Waals surface area contributed by atoms with Crippen LogP contribution in [0.15, 0.2) is 78.6 Å². The Kier molecular flexibility index (Phi) is 5.81. The van der Waals surface area contributed by atoms with Crippen LogP contribution in [0.2, 0.25) is 0 Å². The Labute approximate surface area is 185 Å². The first-order chi connectivity index (χ1) is 15.4. The molecule has 7 nitrogen and oxygen atoms in total. The molecule has 0 aliphatic carbocycles. The number of carbonyl (C=O) groups excluding carboxylic acids is 3. The van der Waals surface area contributed by atoms with Crippen LogP contribution < -0.4 is 10.6 Å². The van der Waals surface area contributed by atoms with Crippen molar-refractivity contribution in [2.45, 2.75) is 20.4 Å². The summed E-state index contributed by atoms with van der Waals surface area (Å²) in [5.74, 6) is -1.00. The Hall–Kier alpha value is -4.26. The van der Waals surface area contributed by atoms with Crippen LogP contribution in [0, 0.1) is 6.92 Å². The second-order valence-electron chi connectivity index (χ2n) is 7.52. The number of rotatable bonds is 6. The third kappa shape index (κ3) is 4.41. The average molecular weight is 426 g/mol. The molecule has 2 heterocycles. The Balaban J connectivity index is 1.72. The third-order valence-corrected chi connectivity index (χ3v) is 5.00. The molecular formula is C25H22N4O3. The summed E-state index contributed by atoms with van der Waals surface area (Å²) in [6.07, 6.45) is 1.63. The van der Waals surface area contributed by atoms with Gasteiger partial charge in [0, 0.05) is 24.5 Å². The summed E-state index contributed by atoms with van der Waals surface area (Å²) < 4.78 is 0. The molecule has 0 spiro atoms. The number of anilines is 2. The minimum atomic E-state index is -0.414. The maximum absolute atomic E-state index is 13.4. The molecule has 7 heteroatoms. The van der Waals surface area contributed by atoms with E-state index in [2.05, 4.69) is 15.6 Å². The largest absolute Gasteiger partial charge is 0.350 e. The second-order valence-corrected chi connectivity index (χ2v) is 7.52. The average Bonchev–Trinajstić information content (AvgIpc) is 2.99. The van der Waals surface area contributed by atoms with Gasteiger partial charge in [-0.3, -0.25) is 24.3 Å². The quantitative estimate of drug-likeness (QED) is 0.586. The van der Waals surface area contributed by atoms with Gasteiger partial charge in [0.15, 0.2) is 0 Å². The number of aryl methyl sites for hydroxylation is 1. The first kappa shape index (κ1) is 21.0. The second kappa shape index (κ2) is 8.85. The molecule has 2 N–H and O–H groups in total. The van der Waals surface area contributed by atoms with Gasteiger partial charge in [-0.15, -0.1) is 0 Å². The van der Waals surface area contributed by atoms with E-state index in [0.717, 1.165) is 5.56 Å². The molecule has 0 unspecified atom stereocenters. The van der Waals surface area contributed by atoms with Crippen LogP contribution in [-0.4, -0.2) is 27.6 Å². The molecule has 2 aromatic carbocycles. The highest BCUT2D eigenvalue weighted by molar-refractivity contribution is 6.36. The van der Waals surface area contributed by atoms with Gasteiger partial charge in [0.25, 0.3) is 11.8 Å². The number of aromatic nitrogens is 1. The van der Waals surface area contributed by atoms with E-state index < -0.39 is 11.8 Å². The molecule has 160 valence electrons. The minimum absolute atomic E-state index is 0.0744. The van der Waals surface area contributed by atoms with Crippen LogP contribution in [0.25, 0.3) is 5.57 Å². The van der Waals surface area contributed by atoms with Gasteiger partial charge in [-0.1, -0.05) is 30.3 Å². The van der Waals surface area contributed by atoms with Crippen molar-refractivity contribution in [1.29, 1.82) is 0 Å². The van der Waals surface area contributed by atoms with E-state index in [1.165, 1.54) is 11.8 Å². The molecule has 0 saturated carbocycles. The van der Waals surface area contributed by atoms with Crippen LogP contribution in [0.3, 0.4) is 0 Å². The normalized spacial score (nSPS) is 13.5. The fourth-order valence-corrected chi connectivity index (χ4v) is 3.55. The smallest absolute Gasteiger partial charge is 0.278 e. The molecule has 1 aliphatic heterocycles. The fraction of sp³-hybridized carbons (Fsp3) is 0.120. The highest BCUT2D eigenvalue weighted by atomic mass is 16.2. The standard InChI is InChI=1S/C25H22N4O3/c1-16-6-5-8-20(14-16)28-23-22(18-9-11-19(12-10-18)27-17(2)30)24(31)29(25(23)32)15-21-7-3-4-13-26-21/h3-14,28H,15H2,1-2H3,(H,27,30). The fourth-order valence-electron chi connectivity index (χ4n) is 3.55. The van der Waals surface area contributed by atoms with Gasteiger partial charge in [-0.25, -0.2) is 0 Å².